The Morgan fingerprint density at radius 2 is 1.58 bits per heavy atom. The van der Waals surface area contributed by atoms with Crippen molar-refractivity contribution in [1.29, 1.82) is 0 Å². The van der Waals surface area contributed by atoms with Crippen molar-refractivity contribution in [2.24, 2.45) is 0 Å². The number of carbonyl (C=O) groups is 1. The summed E-state index contributed by atoms with van der Waals surface area (Å²) in [6, 6.07) is 25.4. The fourth-order valence-electron chi connectivity index (χ4n) is 4.21. The quantitative estimate of drug-likeness (QED) is 0.425. The molecule has 0 saturated heterocycles. The third-order valence-corrected chi connectivity index (χ3v) is 5.75. The van der Waals surface area contributed by atoms with Gasteiger partial charge in [0, 0.05) is 12.5 Å². The molecule has 1 aliphatic carbocycles. The Balaban J connectivity index is 1.24. The maximum absolute atomic E-state index is 12.2. The van der Waals surface area contributed by atoms with Crippen LogP contribution in [-0.2, 0) is 11.2 Å². The van der Waals surface area contributed by atoms with E-state index in [1.807, 2.05) is 12.1 Å². The lowest BCUT2D eigenvalue weighted by Crippen LogP contribution is -2.26. The Bertz CT molecular complexity index is 1010. The van der Waals surface area contributed by atoms with Gasteiger partial charge in [0.25, 0.3) is 0 Å². The van der Waals surface area contributed by atoms with Crippen LogP contribution in [0.1, 0.15) is 47.9 Å². The predicted octanol–water partition coefficient (Wildman–Crippen LogP) is 6.58. The molecule has 0 saturated carbocycles. The van der Waals surface area contributed by atoms with Gasteiger partial charge in [-0.05, 0) is 46.2 Å². The largest absolute Gasteiger partial charge is 0.449 e. The Morgan fingerprint density at radius 3 is 2.23 bits per heavy atom. The van der Waals surface area contributed by atoms with Crippen LogP contribution in [-0.4, -0.2) is 19.2 Å². The lowest BCUT2D eigenvalue weighted by Gasteiger charge is -2.14. The number of benzene rings is 3. The van der Waals surface area contributed by atoms with E-state index in [1.165, 1.54) is 33.4 Å². The molecule has 0 aliphatic heterocycles. The fourth-order valence-corrected chi connectivity index (χ4v) is 4.21. The van der Waals surface area contributed by atoms with Crippen LogP contribution in [0.4, 0.5) is 4.79 Å². The van der Waals surface area contributed by atoms with Gasteiger partial charge in [-0.15, -0.1) is 0 Å². The number of amides is 1. The zero-order valence-corrected chi connectivity index (χ0v) is 18.0. The molecule has 1 N–H and O–H groups in total. The van der Waals surface area contributed by atoms with Gasteiger partial charge in [0.2, 0.25) is 0 Å². The first-order valence-electron chi connectivity index (χ1n) is 11.1. The molecule has 31 heavy (non-hydrogen) atoms. The van der Waals surface area contributed by atoms with Crippen LogP contribution in [0.15, 0.2) is 78.9 Å². The second kappa shape index (κ2) is 10.1. The van der Waals surface area contributed by atoms with Gasteiger partial charge in [-0.25, -0.2) is 4.79 Å². The molecule has 1 aliphatic rings. The molecular weight excluding hydrogens is 382 g/mol. The zero-order valence-electron chi connectivity index (χ0n) is 18.0. The SMILES string of the molecule is CCCc1ccc(C=CCCNC(=O)OCC2c3ccccc3-c3ccccc32)cc1. The summed E-state index contributed by atoms with van der Waals surface area (Å²) in [5.74, 6) is 0.0914. The molecule has 0 heterocycles. The molecule has 0 spiro atoms. The molecule has 1 amide bonds. The highest BCUT2D eigenvalue weighted by Crippen LogP contribution is 2.44. The molecule has 0 radical (unpaired) electrons. The highest BCUT2D eigenvalue weighted by Gasteiger charge is 2.28. The normalized spacial score (nSPS) is 12.5. The lowest BCUT2D eigenvalue weighted by molar-refractivity contribution is 0.143. The van der Waals surface area contributed by atoms with E-state index >= 15 is 0 Å². The minimum atomic E-state index is -0.362. The summed E-state index contributed by atoms with van der Waals surface area (Å²) >= 11 is 0. The lowest BCUT2D eigenvalue weighted by atomic mass is 9.98. The molecule has 3 heteroatoms. The summed E-state index contributed by atoms with van der Waals surface area (Å²) in [6.07, 6.45) is 6.86. The molecule has 0 atom stereocenters. The van der Waals surface area contributed by atoms with E-state index in [2.05, 4.69) is 85.1 Å². The first-order chi connectivity index (χ1) is 15.3. The van der Waals surface area contributed by atoms with Crippen molar-refractivity contribution in [2.45, 2.75) is 32.1 Å². The van der Waals surface area contributed by atoms with Crippen LogP contribution in [0.2, 0.25) is 0 Å². The second-order valence-electron chi connectivity index (χ2n) is 7.93. The molecule has 0 aromatic heterocycles. The Hall–Kier alpha value is -3.33. The summed E-state index contributed by atoms with van der Waals surface area (Å²) in [5, 5.41) is 2.85. The van der Waals surface area contributed by atoms with Crippen LogP contribution in [0, 0.1) is 0 Å². The Labute approximate surface area is 184 Å². The first-order valence-corrected chi connectivity index (χ1v) is 11.1. The van der Waals surface area contributed by atoms with Gasteiger partial charge in [-0.2, -0.15) is 0 Å². The summed E-state index contributed by atoms with van der Waals surface area (Å²) < 4.78 is 5.57. The molecular formula is C28H29NO2. The summed E-state index contributed by atoms with van der Waals surface area (Å²) in [4.78, 5) is 12.2. The van der Waals surface area contributed by atoms with Crippen molar-refractivity contribution >= 4 is 12.2 Å². The van der Waals surface area contributed by atoms with E-state index in [1.54, 1.807) is 0 Å². The van der Waals surface area contributed by atoms with Crippen molar-refractivity contribution < 1.29 is 9.53 Å². The van der Waals surface area contributed by atoms with Gasteiger partial charge >= 0.3 is 6.09 Å². The number of fused-ring (bicyclic) bond motifs is 3. The number of hydrogen-bond donors (Lipinski definition) is 1. The van der Waals surface area contributed by atoms with Gasteiger partial charge in [-0.3, -0.25) is 0 Å². The minimum absolute atomic E-state index is 0.0914. The number of alkyl carbamates (subject to hydrolysis) is 1. The molecule has 3 aromatic rings. The van der Waals surface area contributed by atoms with E-state index in [-0.39, 0.29) is 12.0 Å². The van der Waals surface area contributed by atoms with E-state index in [0.717, 1.165) is 19.3 Å². The number of carbonyl (C=O) groups excluding carboxylic acids is 1. The third-order valence-electron chi connectivity index (χ3n) is 5.75. The van der Waals surface area contributed by atoms with Crippen molar-refractivity contribution in [2.75, 3.05) is 13.2 Å². The smallest absolute Gasteiger partial charge is 0.407 e. The van der Waals surface area contributed by atoms with E-state index < -0.39 is 0 Å². The molecule has 3 aromatic carbocycles. The molecule has 3 nitrogen and oxygen atoms in total. The number of rotatable bonds is 8. The van der Waals surface area contributed by atoms with E-state index in [9.17, 15) is 4.79 Å². The second-order valence-corrected chi connectivity index (χ2v) is 7.93. The maximum Gasteiger partial charge on any atom is 0.407 e. The molecule has 4 rings (SSSR count). The fraction of sp³-hybridized carbons (Fsp3) is 0.250. The van der Waals surface area contributed by atoms with E-state index in [4.69, 9.17) is 4.74 Å². The number of hydrogen-bond acceptors (Lipinski definition) is 2. The molecule has 0 fully saturated rings. The number of ether oxygens (including phenoxy) is 1. The van der Waals surface area contributed by atoms with Crippen LogP contribution in [0.5, 0.6) is 0 Å². The van der Waals surface area contributed by atoms with Crippen LogP contribution < -0.4 is 5.32 Å². The van der Waals surface area contributed by atoms with Gasteiger partial charge in [-0.1, -0.05) is 98.3 Å². The maximum atomic E-state index is 12.2. The van der Waals surface area contributed by atoms with Gasteiger partial charge < -0.3 is 10.1 Å². The van der Waals surface area contributed by atoms with Gasteiger partial charge in [0.1, 0.15) is 6.61 Å². The Kier molecular flexibility index (Phi) is 6.83. The molecule has 0 bridgehead atoms. The highest BCUT2D eigenvalue weighted by atomic mass is 16.5. The van der Waals surface area contributed by atoms with Crippen molar-refractivity contribution in [3.05, 3.63) is 101 Å². The third kappa shape index (κ3) is 5.05. The average molecular weight is 412 g/mol. The van der Waals surface area contributed by atoms with Gasteiger partial charge in [0.05, 0.1) is 0 Å². The highest BCUT2D eigenvalue weighted by molar-refractivity contribution is 5.79. The number of nitrogens with one attached hydrogen (secondary N) is 1. The summed E-state index contributed by atoms with van der Waals surface area (Å²) in [5.41, 5.74) is 7.48. The Morgan fingerprint density at radius 1 is 0.935 bits per heavy atom. The van der Waals surface area contributed by atoms with Gasteiger partial charge in [0.15, 0.2) is 0 Å². The molecule has 158 valence electrons. The first kappa shape index (κ1) is 20.9. The monoisotopic (exact) mass is 411 g/mol. The predicted molar refractivity (Wildman–Crippen MR) is 127 cm³/mol. The van der Waals surface area contributed by atoms with Crippen molar-refractivity contribution in [1.82, 2.24) is 5.32 Å². The van der Waals surface area contributed by atoms with E-state index in [0.29, 0.717) is 13.2 Å². The van der Waals surface area contributed by atoms with Crippen LogP contribution in [0.25, 0.3) is 17.2 Å². The summed E-state index contributed by atoms with van der Waals surface area (Å²) in [6.45, 7) is 3.10. The van der Waals surface area contributed by atoms with Crippen LogP contribution >= 0.6 is 0 Å². The van der Waals surface area contributed by atoms with Crippen molar-refractivity contribution in [3.8, 4) is 11.1 Å². The standard InChI is InChI=1S/C28H29NO2/c1-2-9-21-15-17-22(18-16-21)10-7-8-19-29-28(30)31-20-27-25-13-5-3-11-23(25)24-12-4-6-14-26(24)27/h3-7,10-18,27H,2,8-9,19-20H2,1H3,(H,29,30). The minimum Gasteiger partial charge on any atom is -0.449 e. The zero-order chi connectivity index (χ0) is 21.5. The summed E-state index contributed by atoms with van der Waals surface area (Å²) in [7, 11) is 0. The molecule has 0 unspecified atom stereocenters. The van der Waals surface area contributed by atoms with Crippen molar-refractivity contribution in [3.63, 3.8) is 0 Å². The average Bonchev–Trinajstić information content (AvgIpc) is 3.12. The number of aryl methyl sites for hydroxylation is 1. The van der Waals surface area contributed by atoms with Crippen LogP contribution in [0.3, 0.4) is 0 Å². The topological polar surface area (TPSA) is 38.3 Å².